The molecule has 2 N–H and O–H groups in total. The van der Waals surface area contributed by atoms with Crippen LogP contribution in [0.1, 0.15) is 10.4 Å². The molecule has 1 aliphatic heterocycles. The van der Waals surface area contributed by atoms with E-state index in [1.807, 2.05) is 42.5 Å². The number of amides is 1. The Bertz CT molecular complexity index is 1020. The van der Waals surface area contributed by atoms with Gasteiger partial charge in [-0.25, -0.2) is 0 Å². The van der Waals surface area contributed by atoms with E-state index >= 15 is 0 Å². The Labute approximate surface area is 150 Å². The van der Waals surface area contributed by atoms with Crippen molar-refractivity contribution in [3.05, 3.63) is 70.5 Å². The number of nitrogens with zero attached hydrogens (tertiary/aromatic N) is 1. The zero-order chi connectivity index (χ0) is 18.1. The van der Waals surface area contributed by atoms with Gasteiger partial charge in [-0.1, -0.05) is 30.3 Å². The first kappa shape index (κ1) is 16.2. The molecule has 6 heteroatoms. The van der Waals surface area contributed by atoms with Crippen molar-refractivity contribution in [3.8, 4) is 5.75 Å². The number of hydrogen-bond donors (Lipinski definition) is 2. The maximum Gasteiger partial charge on any atom is 0.254 e. The molecule has 0 atom stereocenters. The Morgan fingerprint density at radius 2 is 1.88 bits per heavy atom. The fourth-order valence-corrected chi connectivity index (χ4v) is 3.27. The Hall–Kier alpha value is -3.28. The van der Waals surface area contributed by atoms with Crippen LogP contribution in [0, 0.1) is 0 Å². The highest BCUT2D eigenvalue weighted by Gasteiger charge is 2.32. The van der Waals surface area contributed by atoms with Crippen molar-refractivity contribution >= 4 is 22.5 Å². The van der Waals surface area contributed by atoms with E-state index < -0.39 is 0 Å². The number of rotatable bonds is 4. The SMILES string of the molecule is COc1ccccc1NC1CN(C(=O)c2cc(=O)[nH]c3ccccc23)C1. The summed E-state index contributed by atoms with van der Waals surface area (Å²) < 4.78 is 5.34. The fraction of sp³-hybridized carbons (Fsp3) is 0.200. The average Bonchev–Trinajstić information content (AvgIpc) is 2.63. The van der Waals surface area contributed by atoms with Crippen LogP contribution < -0.4 is 15.6 Å². The van der Waals surface area contributed by atoms with Gasteiger partial charge in [-0.05, 0) is 18.2 Å². The molecule has 1 saturated heterocycles. The zero-order valence-corrected chi connectivity index (χ0v) is 14.4. The van der Waals surface area contributed by atoms with E-state index in [2.05, 4.69) is 10.3 Å². The highest BCUT2D eigenvalue weighted by Crippen LogP contribution is 2.26. The van der Waals surface area contributed by atoms with Crippen LogP contribution in [0.4, 0.5) is 5.69 Å². The smallest absolute Gasteiger partial charge is 0.254 e. The van der Waals surface area contributed by atoms with E-state index in [0.717, 1.165) is 16.8 Å². The van der Waals surface area contributed by atoms with E-state index in [-0.39, 0.29) is 17.5 Å². The second kappa shape index (κ2) is 6.55. The number of fused-ring (bicyclic) bond motifs is 1. The van der Waals surface area contributed by atoms with Crippen molar-refractivity contribution in [2.24, 2.45) is 0 Å². The van der Waals surface area contributed by atoms with Gasteiger partial charge in [0.05, 0.1) is 24.4 Å². The van der Waals surface area contributed by atoms with Crippen LogP contribution in [0.25, 0.3) is 10.9 Å². The molecule has 6 nitrogen and oxygen atoms in total. The Morgan fingerprint density at radius 3 is 2.69 bits per heavy atom. The van der Waals surface area contributed by atoms with Gasteiger partial charge in [-0.3, -0.25) is 9.59 Å². The Morgan fingerprint density at radius 1 is 1.15 bits per heavy atom. The van der Waals surface area contributed by atoms with Gasteiger partial charge in [0, 0.05) is 30.1 Å². The predicted molar refractivity (Wildman–Crippen MR) is 101 cm³/mol. The molecular weight excluding hydrogens is 330 g/mol. The lowest BCUT2D eigenvalue weighted by molar-refractivity contribution is 0.0627. The molecular formula is C20H19N3O3. The monoisotopic (exact) mass is 349 g/mol. The fourth-order valence-electron chi connectivity index (χ4n) is 3.27. The second-order valence-electron chi connectivity index (χ2n) is 6.34. The largest absolute Gasteiger partial charge is 0.495 e. The van der Waals surface area contributed by atoms with Gasteiger partial charge in [0.15, 0.2) is 0 Å². The lowest BCUT2D eigenvalue weighted by Gasteiger charge is -2.40. The third-order valence-corrected chi connectivity index (χ3v) is 4.62. The topological polar surface area (TPSA) is 74.4 Å². The van der Waals surface area contributed by atoms with Crippen molar-refractivity contribution in [1.82, 2.24) is 9.88 Å². The summed E-state index contributed by atoms with van der Waals surface area (Å²) in [6.45, 7) is 1.16. The van der Waals surface area contributed by atoms with E-state index in [0.29, 0.717) is 24.2 Å². The first-order valence-corrected chi connectivity index (χ1v) is 8.46. The van der Waals surface area contributed by atoms with Gasteiger partial charge in [-0.2, -0.15) is 0 Å². The number of para-hydroxylation sites is 3. The maximum atomic E-state index is 12.8. The number of methoxy groups -OCH3 is 1. The number of carbonyl (C=O) groups is 1. The molecule has 0 spiro atoms. The summed E-state index contributed by atoms with van der Waals surface area (Å²) in [5.41, 5.74) is 1.76. The number of aromatic amines is 1. The number of ether oxygens (including phenoxy) is 1. The molecule has 1 fully saturated rings. The first-order chi connectivity index (χ1) is 12.7. The molecule has 1 amide bonds. The van der Waals surface area contributed by atoms with Gasteiger partial charge in [0.1, 0.15) is 5.75 Å². The summed E-state index contributed by atoms with van der Waals surface area (Å²) >= 11 is 0. The van der Waals surface area contributed by atoms with Gasteiger partial charge < -0.3 is 19.9 Å². The van der Waals surface area contributed by atoms with Gasteiger partial charge >= 0.3 is 0 Å². The van der Waals surface area contributed by atoms with E-state index in [1.165, 1.54) is 6.07 Å². The summed E-state index contributed by atoms with van der Waals surface area (Å²) in [5, 5.41) is 4.16. The van der Waals surface area contributed by atoms with Gasteiger partial charge in [0.2, 0.25) is 5.56 Å². The number of H-pyrrole nitrogens is 1. The standard InChI is InChI=1S/C20H19N3O3/c1-26-18-9-5-4-8-17(18)21-13-11-23(12-13)20(25)15-10-19(24)22-16-7-3-2-6-14(15)16/h2-10,13,21H,11-12H2,1H3,(H,22,24). The van der Waals surface area contributed by atoms with E-state index in [1.54, 1.807) is 18.1 Å². The van der Waals surface area contributed by atoms with Crippen LogP contribution in [-0.2, 0) is 0 Å². The molecule has 0 bridgehead atoms. The van der Waals surface area contributed by atoms with Crippen molar-refractivity contribution in [1.29, 1.82) is 0 Å². The summed E-state index contributed by atoms with van der Waals surface area (Å²) in [7, 11) is 1.63. The minimum Gasteiger partial charge on any atom is -0.495 e. The molecule has 0 radical (unpaired) electrons. The Kier molecular flexibility index (Phi) is 4.08. The molecule has 2 heterocycles. The van der Waals surface area contributed by atoms with Crippen molar-refractivity contribution in [2.45, 2.75) is 6.04 Å². The minimum atomic E-state index is -0.267. The van der Waals surface area contributed by atoms with Crippen molar-refractivity contribution in [3.63, 3.8) is 0 Å². The molecule has 132 valence electrons. The third kappa shape index (κ3) is 2.90. The number of benzene rings is 2. The van der Waals surface area contributed by atoms with Crippen molar-refractivity contribution < 1.29 is 9.53 Å². The van der Waals surface area contributed by atoms with E-state index in [9.17, 15) is 9.59 Å². The first-order valence-electron chi connectivity index (χ1n) is 8.46. The quantitative estimate of drug-likeness (QED) is 0.759. The molecule has 1 aromatic heterocycles. The van der Waals surface area contributed by atoms with E-state index in [4.69, 9.17) is 4.74 Å². The minimum absolute atomic E-state index is 0.120. The van der Waals surface area contributed by atoms with Gasteiger partial charge in [-0.15, -0.1) is 0 Å². The molecule has 0 saturated carbocycles. The van der Waals surface area contributed by atoms with Crippen molar-refractivity contribution in [2.75, 3.05) is 25.5 Å². The lowest BCUT2D eigenvalue weighted by atomic mass is 10.0. The molecule has 3 aromatic rings. The number of hydrogen-bond acceptors (Lipinski definition) is 4. The number of likely N-dealkylation sites (tertiary alicyclic amines) is 1. The van der Waals surface area contributed by atoms with Crippen LogP contribution in [0.15, 0.2) is 59.4 Å². The van der Waals surface area contributed by atoms with Crippen LogP contribution in [-0.4, -0.2) is 42.0 Å². The highest BCUT2D eigenvalue weighted by molar-refractivity contribution is 6.06. The van der Waals surface area contributed by atoms with Crippen LogP contribution in [0.2, 0.25) is 0 Å². The number of nitrogens with one attached hydrogen (secondary N) is 2. The van der Waals surface area contributed by atoms with Crippen LogP contribution >= 0.6 is 0 Å². The number of pyridine rings is 1. The molecule has 4 rings (SSSR count). The maximum absolute atomic E-state index is 12.8. The summed E-state index contributed by atoms with van der Waals surface area (Å²) in [6.07, 6.45) is 0. The molecule has 0 aliphatic carbocycles. The predicted octanol–water partition coefficient (Wildman–Crippen LogP) is 2.47. The highest BCUT2D eigenvalue weighted by atomic mass is 16.5. The number of aromatic nitrogens is 1. The molecule has 26 heavy (non-hydrogen) atoms. The van der Waals surface area contributed by atoms with Crippen LogP contribution in [0.5, 0.6) is 5.75 Å². The third-order valence-electron chi connectivity index (χ3n) is 4.62. The summed E-state index contributed by atoms with van der Waals surface area (Å²) in [4.78, 5) is 29.2. The lowest BCUT2D eigenvalue weighted by Crippen LogP contribution is -2.57. The number of carbonyl (C=O) groups excluding carboxylic acids is 1. The second-order valence-corrected chi connectivity index (χ2v) is 6.34. The molecule has 1 aliphatic rings. The molecule has 2 aromatic carbocycles. The van der Waals surface area contributed by atoms with Crippen LogP contribution in [0.3, 0.4) is 0 Å². The normalized spacial score (nSPS) is 14.1. The number of anilines is 1. The zero-order valence-electron chi connectivity index (χ0n) is 14.4. The summed E-state index contributed by atoms with van der Waals surface area (Å²) in [6, 6.07) is 16.6. The molecule has 0 unspecified atom stereocenters. The summed E-state index contributed by atoms with van der Waals surface area (Å²) in [5.74, 6) is 0.656. The Balaban J connectivity index is 1.50. The van der Waals surface area contributed by atoms with Gasteiger partial charge in [0.25, 0.3) is 5.91 Å². The average molecular weight is 349 g/mol.